The standard InChI is InChI=1S/C23H18N2O4/c1-23(2)16-10-18(29-3)13(5-7-19(26)27)9-15(16)21(28)20-14-6-4-12(11-24)8-17(14)25-22(20)23/h4,6,8-9,18,25H,10H2,1-3H3,(H,26,27). The zero-order valence-corrected chi connectivity index (χ0v) is 16.2. The van der Waals surface area contributed by atoms with E-state index in [9.17, 15) is 14.9 Å². The first-order valence-electron chi connectivity index (χ1n) is 9.12. The Hall–Kier alpha value is -3.61. The summed E-state index contributed by atoms with van der Waals surface area (Å²) in [5, 5.41) is 18.8. The van der Waals surface area contributed by atoms with Crippen LogP contribution < -0.4 is 0 Å². The van der Waals surface area contributed by atoms with Gasteiger partial charge in [0, 0.05) is 52.6 Å². The van der Waals surface area contributed by atoms with E-state index >= 15 is 0 Å². The molecule has 1 atom stereocenters. The summed E-state index contributed by atoms with van der Waals surface area (Å²) in [4.78, 5) is 27.7. The summed E-state index contributed by atoms with van der Waals surface area (Å²) in [6.07, 6.45) is 1.70. The number of benzene rings is 1. The Morgan fingerprint density at radius 2 is 2.14 bits per heavy atom. The molecule has 1 unspecified atom stereocenters. The van der Waals surface area contributed by atoms with Gasteiger partial charge in [0.2, 0.25) is 0 Å². The normalized spacial score (nSPS) is 19.6. The highest BCUT2D eigenvalue weighted by Crippen LogP contribution is 2.47. The lowest BCUT2D eigenvalue weighted by molar-refractivity contribution is -0.130. The van der Waals surface area contributed by atoms with Crippen LogP contribution in [0.1, 0.15) is 41.9 Å². The quantitative estimate of drug-likeness (QED) is 0.733. The third kappa shape index (κ3) is 2.77. The number of carbonyl (C=O) groups excluding carboxylic acids is 1. The topological polar surface area (TPSA) is 103 Å². The number of carbonyl (C=O) groups is 2. The van der Waals surface area contributed by atoms with Crippen molar-refractivity contribution >= 4 is 22.7 Å². The Morgan fingerprint density at radius 3 is 2.79 bits per heavy atom. The van der Waals surface area contributed by atoms with Crippen LogP contribution >= 0.6 is 0 Å². The van der Waals surface area contributed by atoms with Gasteiger partial charge in [-0.05, 0) is 23.8 Å². The van der Waals surface area contributed by atoms with E-state index < -0.39 is 17.5 Å². The molecule has 1 aromatic carbocycles. The molecule has 0 saturated heterocycles. The molecule has 0 bridgehead atoms. The van der Waals surface area contributed by atoms with Crippen LogP contribution in [0.2, 0.25) is 0 Å². The number of fused-ring (bicyclic) bond motifs is 3. The van der Waals surface area contributed by atoms with Gasteiger partial charge >= 0.3 is 5.97 Å². The van der Waals surface area contributed by atoms with E-state index in [-0.39, 0.29) is 5.78 Å². The average molecular weight is 386 g/mol. The number of carboxylic acid groups (broad SMARTS) is 1. The molecule has 0 radical (unpaired) electrons. The van der Waals surface area contributed by atoms with Gasteiger partial charge in [-0.25, -0.2) is 4.79 Å². The number of methoxy groups -OCH3 is 1. The molecule has 6 nitrogen and oxygen atoms in total. The predicted molar refractivity (Wildman–Crippen MR) is 106 cm³/mol. The van der Waals surface area contributed by atoms with E-state index in [1.807, 2.05) is 13.8 Å². The lowest BCUT2D eigenvalue weighted by atomic mass is 9.67. The van der Waals surface area contributed by atoms with Gasteiger partial charge in [-0.15, -0.1) is 0 Å². The van der Waals surface area contributed by atoms with E-state index in [0.29, 0.717) is 28.7 Å². The van der Waals surface area contributed by atoms with Crippen molar-refractivity contribution in [2.24, 2.45) is 0 Å². The van der Waals surface area contributed by atoms with Crippen LogP contribution in [0.15, 0.2) is 41.0 Å². The third-order valence-electron chi connectivity index (χ3n) is 5.74. The van der Waals surface area contributed by atoms with Crippen LogP contribution in [-0.2, 0) is 14.9 Å². The van der Waals surface area contributed by atoms with E-state index in [1.54, 1.807) is 31.4 Å². The Bertz CT molecular complexity index is 1260. The molecule has 4 rings (SSSR count). The predicted octanol–water partition coefficient (Wildman–Crippen LogP) is 3.24. The number of nitrogens with zero attached hydrogens (tertiary/aromatic N) is 1. The number of aromatic amines is 1. The number of nitriles is 1. The fourth-order valence-corrected chi connectivity index (χ4v) is 4.25. The molecule has 0 fully saturated rings. The Morgan fingerprint density at radius 1 is 1.38 bits per heavy atom. The molecule has 0 amide bonds. The molecule has 6 heteroatoms. The lowest BCUT2D eigenvalue weighted by Crippen LogP contribution is -2.35. The van der Waals surface area contributed by atoms with Gasteiger partial charge in [-0.2, -0.15) is 5.26 Å². The van der Waals surface area contributed by atoms with Gasteiger partial charge < -0.3 is 14.8 Å². The maximum absolute atomic E-state index is 13.5. The summed E-state index contributed by atoms with van der Waals surface area (Å²) in [7, 11) is 1.54. The number of carboxylic acids is 1. The minimum Gasteiger partial charge on any atom is -0.472 e. The molecular weight excluding hydrogens is 368 g/mol. The minimum absolute atomic E-state index is 0.130. The zero-order chi connectivity index (χ0) is 20.9. The van der Waals surface area contributed by atoms with Gasteiger partial charge in [0.05, 0.1) is 23.3 Å². The highest BCUT2D eigenvalue weighted by atomic mass is 16.5. The number of nitrogens with one attached hydrogen (secondary N) is 1. The summed E-state index contributed by atoms with van der Waals surface area (Å²) >= 11 is 0. The Balaban J connectivity index is 1.94. The summed E-state index contributed by atoms with van der Waals surface area (Å²) in [5.74, 6) is 3.38. The van der Waals surface area contributed by atoms with Crippen LogP contribution in [0.3, 0.4) is 0 Å². The molecule has 0 saturated carbocycles. The number of H-pyrrole nitrogens is 1. The Labute approximate surface area is 167 Å². The number of allylic oxidation sites excluding steroid dienone is 2. The lowest BCUT2D eigenvalue weighted by Gasteiger charge is -2.38. The molecule has 1 aromatic heterocycles. The highest BCUT2D eigenvalue weighted by molar-refractivity contribution is 6.21. The maximum Gasteiger partial charge on any atom is 0.382 e. The van der Waals surface area contributed by atoms with Crippen LogP contribution in [0.5, 0.6) is 0 Å². The van der Waals surface area contributed by atoms with Crippen LogP contribution in [0.4, 0.5) is 0 Å². The molecule has 2 aromatic rings. The van der Waals surface area contributed by atoms with Crippen LogP contribution in [-0.4, -0.2) is 35.1 Å². The highest BCUT2D eigenvalue weighted by Gasteiger charge is 2.43. The number of rotatable bonds is 1. The smallest absolute Gasteiger partial charge is 0.382 e. The van der Waals surface area contributed by atoms with Crippen molar-refractivity contribution in [3.05, 3.63) is 57.8 Å². The first-order chi connectivity index (χ1) is 13.8. The summed E-state index contributed by atoms with van der Waals surface area (Å²) in [5.41, 5.74) is 4.14. The van der Waals surface area contributed by atoms with Crippen molar-refractivity contribution in [3.63, 3.8) is 0 Å². The Kier molecular flexibility index (Phi) is 4.19. The van der Waals surface area contributed by atoms with Gasteiger partial charge in [-0.1, -0.05) is 25.8 Å². The van der Waals surface area contributed by atoms with Crippen molar-refractivity contribution < 1.29 is 19.4 Å². The first-order valence-corrected chi connectivity index (χ1v) is 9.12. The SMILES string of the molecule is COC1CC2=C(C=C1C#CC(=O)O)C(=O)c1c([nH]c3cc(C#N)ccc13)C2(C)C. The van der Waals surface area contributed by atoms with Crippen molar-refractivity contribution in [3.8, 4) is 17.9 Å². The fourth-order valence-electron chi connectivity index (χ4n) is 4.25. The van der Waals surface area contributed by atoms with E-state index in [2.05, 4.69) is 22.9 Å². The summed E-state index contributed by atoms with van der Waals surface area (Å²) in [6, 6.07) is 7.35. The van der Waals surface area contributed by atoms with Crippen molar-refractivity contribution in [2.75, 3.05) is 7.11 Å². The number of aliphatic carboxylic acids is 1. The number of Topliss-reactive ketones (excluding diaryl/α,β-unsaturated/α-hetero) is 1. The number of hydrogen-bond donors (Lipinski definition) is 2. The van der Waals surface area contributed by atoms with Crippen molar-refractivity contribution in [1.29, 1.82) is 5.26 Å². The third-order valence-corrected chi connectivity index (χ3v) is 5.74. The van der Waals surface area contributed by atoms with E-state index in [1.165, 1.54) is 0 Å². The molecular formula is C23H18N2O4. The van der Waals surface area contributed by atoms with Crippen LogP contribution in [0.25, 0.3) is 10.9 Å². The monoisotopic (exact) mass is 386 g/mol. The molecule has 29 heavy (non-hydrogen) atoms. The number of hydrogen-bond acceptors (Lipinski definition) is 4. The van der Waals surface area contributed by atoms with Crippen molar-refractivity contribution in [1.82, 2.24) is 4.98 Å². The minimum atomic E-state index is -1.23. The number of ether oxygens (including phenoxy) is 1. The van der Waals surface area contributed by atoms with E-state index in [0.717, 1.165) is 22.2 Å². The number of ketones is 1. The summed E-state index contributed by atoms with van der Waals surface area (Å²) < 4.78 is 5.54. The van der Waals surface area contributed by atoms with Gasteiger partial charge in [0.25, 0.3) is 0 Å². The van der Waals surface area contributed by atoms with E-state index in [4.69, 9.17) is 9.84 Å². The van der Waals surface area contributed by atoms with Gasteiger partial charge in [-0.3, -0.25) is 4.79 Å². The molecule has 1 heterocycles. The van der Waals surface area contributed by atoms with Crippen LogP contribution in [0, 0.1) is 23.2 Å². The second-order valence-corrected chi connectivity index (χ2v) is 7.68. The second kappa shape index (κ2) is 6.48. The zero-order valence-electron chi connectivity index (χ0n) is 16.2. The van der Waals surface area contributed by atoms with Gasteiger partial charge in [0.15, 0.2) is 5.78 Å². The molecule has 144 valence electrons. The molecule has 0 spiro atoms. The molecule has 2 N–H and O–H groups in total. The number of aromatic nitrogens is 1. The molecule has 2 aliphatic rings. The molecule has 2 aliphatic carbocycles. The maximum atomic E-state index is 13.5. The summed E-state index contributed by atoms with van der Waals surface area (Å²) in [6.45, 7) is 4.09. The largest absolute Gasteiger partial charge is 0.472 e. The first kappa shape index (κ1) is 18.7. The molecule has 0 aliphatic heterocycles. The van der Waals surface area contributed by atoms with Crippen molar-refractivity contribution in [2.45, 2.75) is 31.8 Å². The fraction of sp³-hybridized carbons (Fsp3) is 0.261. The second-order valence-electron chi connectivity index (χ2n) is 7.68. The van der Waals surface area contributed by atoms with Gasteiger partial charge in [0.1, 0.15) is 0 Å². The average Bonchev–Trinajstić information content (AvgIpc) is 3.09.